The van der Waals surface area contributed by atoms with E-state index in [4.69, 9.17) is 0 Å². The second-order valence-electron chi connectivity index (χ2n) is 4.88. The molecular formula is C13H15N3O2. The molecule has 0 N–H and O–H groups in total. The van der Waals surface area contributed by atoms with Gasteiger partial charge in [0.25, 0.3) is 5.91 Å². The van der Waals surface area contributed by atoms with Crippen molar-refractivity contribution in [3.63, 3.8) is 0 Å². The minimum atomic E-state index is -0.185. The SMILES string of the molecule is CN1CC(=O)N([C@H]2CCCc3cnccc32)C1=O. The molecule has 2 heterocycles. The average molecular weight is 245 g/mol. The van der Waals surface area contributed by atoms with Gasteiger partial charge in [-0.1, -0.05) is 0 Å². The summed E-state index contributed by atoms with van der Waals surface area (Å²) >= 11 is 0. The van der Waals surface area contributed by atoms with Gasteiger partial charge in [0.2, 0.25) is 0 Å². The first kappa shape index (κ1) is 11.2. The Hall–Kier alpha value is -1.91. The predicted octanol–water partition coefficient (Wildman–Crippen LogP) is 1.35. The number of amides is 3. The van der Waals surface area contributed by atoms with E-state index in [0.29, 0.717) is 0 Å². The first-order valence-corrected chi connectivity index (χ1v) is 6.18. The molecule has 0 bridgehead atoms. The van der Waals surface area contributed by atoms with Crippen molar-refractivity contribution in [2.45, 2.75) is 25.3 Å². The van der Waals surface area contributed by atoms with Crippen molar-refractivity contribution in [1.29, 1.82) is 0 Å². The van der Waals surface area contributed by atoms with Gasteiger partial charge in [-0.3, -0.25) is 14.7 Å². The Labute approximate surface area is 105 Å². The van der Waals surface area contributed by atoms with Crippen molar-refractivity contribution >= 4 is 11.9 Å². The van der Waals surface area contributed by atoms with Gasteiger partial charge in [0, 0.05) is 19.4 Å². The maximum Gasteiger partial charge on any atom is 0.327 e. The molecule has 3 amide bonds. The predicted molar refractivity (Wildman–Crippen MR) is 64.8 cm³/mol. The lowest BCUT2D eigenvalue weighted by atomic mass is 9.88. The normalized spacial score (nSPS) is 23.5. The zero-order valence-corrected chi connectivity index (χ0v) is 10.3. The van der Waals surface area contributed by atoms with E-state index in [1.54, 1.807) is 13.2 Å². The van der Waals surface area contributed by atoms with Crippen LogP contribution in [0.15, 0.2) is 18.5 Å². The Kier molecular flexibility index (Phi) is 2.54. The van der Waals surface area contributed by atoms with Gasteiger partial charge in [0.1, 0.15) is 6.54 Å². The summed E-state index contributed by atoms with van der Waals surface area (Å²) in [6.07, 6.45) is 6.39. The summed E-state index contributed by atoms with van der Waals surface area (Å²) in [6, 6.07) is 1.63. The Morgan fingerprint density at radius 3 is 2.94 bits per heavy atom. The van der Waals surface area contributed by atoms with Gasteiger partial charge in [-0.15, -0.1) is 0 Å². The van der Waals surface area contributed by atoms with Gasteiger partial charge in [0.05, 0.1) is 6.04 Å². The van der Waals surface area contributed by atoms with Crippen LogP contribution in [0.1, 0.15) is 30.0 Å². The fourth-order valence-corrected chi connectivity index (χ4v) is 2.83. The van der Waals surface area contributed by atoms with Gasteiger partial charge >= 0.3 is 6.03 Å². The van der Waals surface area contributed by atoms with E-state index in [9.17, 15) is 9.59 Å². The number of likely N-dealkylation sites (N-methyl/N-ethyl adjacent to an activating group) is 1. The molecule has 3 rings (SSSR count). The summed E-state index contributed by atoms with van der Waals surface area (Å²) in [4.78, 5) is 31.0. The molecule has 1 aromatic rings. The molecule has 0 unspecified atom stereocenters. The number of hydrogen-bond donors (Lipinski definition) is 0. The third kappa shape index (κ3) is 1.58. The molecule has 1 fully saturated rings. The Morgan fingerprint density at radius 1 is 1.39 bits per heavy atom. The topological polar surface area (TPSA) is 53.5 Å². The van der Waals surface area contributed by atoms with Crippen LogP contribution >= 0.6 is 0 Å². The van der Waals surface area contributed by atoms with E-state index < -0.39 is 0 Å². The highest BCUT2D eigenvalue weighted by molar-refractivity contribution is 6.02. The minimum Gasteiger partial charge on any atom is -0.318 e. The summed E-state index contributed by atoms with van der Waals surface area (Å²) in [5.41, 5.74) is 2.23. The first-order valence-electron chi connectivity index (χ1n) is 6.18. The summed E-state index contributed by atoms with van der Waals surface area (Å²) in [5.74, 6) is -0.0998. The zero-order chi connectivity index (χ0) is 12.7. The first-order chi connectivity index (χ1) is 8.68. The number of rotatable bonds is 1. The van der Waals surface area contributed by atoms with Crippen molar-refractivity contribution in [2.24, 2.45) is 0 Å². The number of nitrogens with zero attached hydrogens (tertiary/aromatic N) is 3. The van der Waals surface area contributed by atoms with Gasteiger partial charge in [0.15, 0.2) is 0 Å². The lowest BCUT2D eigenvalue weighted by molar-refractivity contribution is -0.127. The zero-order valence-electron chi connectivity index (χ0n) is 10.3. The molecule has 1 aromatic heterocycles. The molecule has 1 atom stereocenters. The van der Waals surface area contributed by atoms with Gasteiger partial charge in [-0.2, -0.15) is 0 Å². The molecular weight excluding hydrogens is 230 g/mol. The number of imide groups is 1. The van der Waals surface area contributed by atoms with Crippen molar-refractivity contribution < 1.29 is 9.59 Å². The van der Waals surface area contributed by atoms with Crippen LogP contribution in [0.4, 0.5) is 4.79 Å². The van der Waals surface area contributed by atoms with Crippen LogP contribution in [0.5, 0.6) is 0 Å². The smallest absolute Gasteiger partial charge is 0.318 e. The summed E-state index contributed by atoms with van der Waals surface area (Å²) in [6.45, 7) is 0.190. The molecule has 0 saturated carbocycles. The minimum absolute atomic E-state index is 0.0998. The highest BCUT2D eigenvalue weighted by Gasteiger charge is 2.40. The quantitative estimate of drug-likeness (QED) is 0.702. The van der Waals surface area contributed by atoms with Gasteiger partial charge < -0.3 is 4.90 Å². The van der Waals surface area contributed by atoms with Crippen LogP contribution in [0.3, 0.4) is 0 Å². The van der Waals surface area contributed by atoms with Crippen molar-refractivity contribution in [3.05, 3.63) is 29.6 Å². The molecule has 5 nitrogen and oxygen atoms in total. The third-order valence-corrected chi connectivity index (χ3v) is 3.71. The van der Waals surface area contributed by atoms with Crippen LogP contribution in [0.25, 0.3) is 0 Å². The number of carbonyl (C=O) groups excluding carboxylic acids is 2. The number of hydrogen-bond acceptors (Lipinski definition) is 3. The fourth-order valence-electron chi connectivity index (χ4n) is 2.83. The fraction of sp³-hybridized carbons (Fsp3) is 0.462. The van der Waals surface area contributed by atoms with E-state index in [1.807, 2.05) is 12.3 Å². The van der Waals surface area contributed by atoms with Crippen LogP contribution in [0, 0.1) is 0 Å². The number of carbonyl (C=O) groups is 2. The molecule has 94 valence electrons. The number of fused-ring (bicyclic) bond motifs is 1. The summed E-state index contributed by atoms with van der Waals surface area (Å²) < 4.78 is 0. The Balaban J connectivity index is 1.99. The van der Waals surface area contributed by atoms with E-state index in [0.717, 1.165) is 30.4 Å². The van der Waals surface area contributed by atoms with E-state index in [-0.39, 0.29) is 24.5 Å². The number of aromatic nitrogens is 1. The summed E-state index contributed by atoms with van der Waals surface area (Å²) in [7, 11) is 1.66. The molecule has 0 aromatic carbocycles. The Morgan fingerprint density at radius 2 is 2.22 bits per heavy atom. The van der Waals surface area contributed by atoms with Crippen LogP contribution in [-0.2, 0) is 11.2 Å². The maximum absolute atomic E-state index is 12.0. The molecule has 0 radical (unpaired) electrons. The lowest BCUT2D eigenvalue weighted by Gasteiger charge is -2.31. The maximum atomic E-state index is 12.0. The second-order valence-corrected chi connectivity index (χ2v) is 4.88. The van der Waals surface area contributed by atoms with E-state index in [2.05, 4.69) is 4.98 Å². The molecule has 1 saturated heterocycles. The highest BCUT2D eigenvalue weighted by atomic mass is 16.2. The largest absolute Gasteiger partial charge is 0.327 e. The summed E-state index contributed by atoms with van der Waals surface area (Å²) in [5, 5.41) is 0. The highest BCUT2D eigenvalue weighted by Crippen LogP contribution is 2.35. The molecule has 1 aliphatic carbocycles. The molecule has 18 heavy (non-hydrogen) atoms. The lowest BCUT2D eigenvalue weighted by Crippen LogP contribution is -2.37. The van der Waals surface area contributed by atoms with E-state index >= 15 is 0 Å². The average Bonchev–Trinajstić information content (AvgIpc) is 2.63. The van der Waals surface area contributed by atoms with Crippen molar-refractivity contribution in [2.75, 3.05) is 13.6 Å². The Bertz CT molecular complexity index is 515. The molecule has 1 aliphatic heterocycles. The third-order valence-electron chi connectivity index (χ3n) is 3.71. The molecule has 0 spiro atoms. The van der Waals surface area contributed by atoms with Gasteiger partial charge in [-0.05, 0) is 36.5 Å². The molecule has 5 heteroatoms. The van der Waals surface area contributed by atoms with E-state index in [1.165, 1.54) is 9.80 Å². The standard InChI is InChI=1S/C13H15N3O2/c1-15-8-12(17)16(13(15)18)11-4-2-3-9-7-14-6-5-10(9)11/h5-7,11H,2-4,8H2,1H3/t11-/m0/s1. The van der Waals surface area contributed by atoms with Crippen LogP contribution in [-0.4, -0.2) is 40.3 Å². The number of urea groups is 1. The monoisotopic (exact) mass is 245 g/mol. The molecule has 2 aliphatic rings. The van der Waals surface area contributed by atoms with Gasteiger partial charge in [-0.25, -0.2) is 4.79 Å². The number of pyridine rings is 1. The number of aryl methyl sites for hydroxylation is 1. The van der Waals surface area contributed by atoms with Crippen LogP contribution < -0.4 is 0 Å². The second kappa shape index (κ2) is 4.08. The van der Waals surface area contributed by atoms with Crippen molar-refractivity contribution in [1.82, 2.24) is 14.8 Å². The van der Waals surface area contributed by atoms with Crippen LogP contribution in [0.2, 0.25) is 0 Å². The van der Waals surface area contributed by atoms with Crippen molar-refractivity contribution in [3.8, 4) is 0 Å².